The van der Waals surface area contributed by atoms with Crippen molar-refractivity contribution in [2.24, 2.45) is 5.41 Å². The number of benzene rings is 1. The molecule has 1 aromatic carbocycles. The van der Waals surface area contributed by atoms with Crippen molar-refractivity contribution in [3.63, 3.8) is 0 Å². The number of halogens is 4. The summed E-state index contributed by atoms with van der Waals surface area (Å²) >= 11 is 6.15. The van der Waals surface area contributed by atoms with Gasteiger partial charge in [-0.1, -0.05) is 31.5 Å². The number of aromatic nitrogens is 1. The predicted octanol–water partition coefficient (Wildman–Crippen LogP) is 5.34. The molecule has 3 nitrogen and oxygen atoms in total. The molecule has 2 aromatic rings. The molecule has 0 radical (unpaired) electrons. The van der Waals surface area contributed by atoms with Crippen molar-refractivity contribution in [2.45, 2.75) is 26.6 Å². The molecule has 0 aliphatic carbocycles. The molecule has 1 aromatic heterocycles. The lowest BCUT2D eigenvalue weighted by Crippen LogP contribution is -2.33. The molecular weight excluding hydrogens is 353 g/mol. The van der Waals surface area contributed by atoms with Gasteiger partial charge in [-0.2, -0.15) is 0 Å². The molecule has 0 N–H and O–H groups in total. The maximum atomic E-state index is 12.3. The molecule has 0 amide bonds. The second-order valence-corrected chi connectivity index (χ2v) is 7.12. The minimum Gasteiger partial charge on any atom is -0.406 e. The number of alkyl halides is 3. The first-order valence-corrected chi connectivity index (χ1v) is 8.09. The third-order valence-corrected chi connectivity index (χ3v) is 4.03. The van der Waals surface area contributed by atoms with Gasteiger partial charge in [-0.3, -0.25) is 4.98 Å². The van der Waals surface area contributed by atoms with Crippen LogP contribution in [0.5, 0.6) is 5.75 Å². The number of pyridine rings is 1. The summed E-state index contributed by atoms with van der Waals surface area (Å²) in [4.78, 5) is 6.19. The van der Waals surface area contributed by atoms with Gasteiger partial charge < -0.3 is 9.64 Å². The van der Waals surface area contributed by atoms with Gasteiger partial charge in [-0.25, -0.2) is 0 Å². The van der Waals surface area contributed by atoms with Crippen LogP contribution in [0.1, 0.15) is 19.4 Å². The molecule has 0 bridgehead atoms. The largest absolute Gasteiger partial charge is 0.573 e. The summed E-state index contributed by atoms with van der Waals surface area (Å²) in [6.07, 6.45) is -0.613. The van der Waals surface area contributed by atoms with E-state index < -0.39 is 6.36 Å². The first-order chi connectivity index (χ1) is 11.6. The van der Waals surface area contributed by atoms with E-state index in [4.69, 9.17) is 11.6 Å². The minimum atomic E-state index is -4.73. The van der Waals surface area contributed by atoms with Crippen LogP contribution >= 0.6 is 11.6 Å². The van der Waals surface area contributed by atoms with Crippen LogP contribution < -0.4 is 9.64 Å². The number of ether oxygens (including phenoxy) is 1. The van der Waals surface area contributed by atoms with E-state index in [2.05, 4.69) is 28.5 Å². The fourth-order valence-electron chi connectivity index (χ4n) is 2.75. The topological polar surface area (TPSA) is 25.4 Å². The Morgan fingerprint density at radius 3 is 2.48 bits per heavy atom. The van der Waals surface area contributed by atoms with Crippen molar-refractivity contribution in [3.05, 3.63) is 53.3 Å². The van der Waals surface area contributed by atoms with Crippen LogP contribution in [0.15, 0.2) is 42.7 Å². The Kier molecular flexibility index (Phi) is 5.83. The molecule has 0 fully saturated rings. The Bertz CT molecular complexity index is 705. The molecule has 136 valence electrons. The molecule has 7 heteroatoms. The van der Waals surface area contributed by atoms with Crippen LogP contribution in [0.4, 0.5) is 18.9 Å². The Morgan fingerprint density at radius 1 is 1.20 bits per heavy atom. The summed E-state index contributed by atoms with van der Waals surface area (Å²) in [5.41, 5.74) is 1.62. The third kappa shape index (κ3) is 6.12. The Labute approximate surface area is 150 Å². The van der Waals surface area contributed by atoms with Crippen molar-refractivity contribution in [2.75, 3.05) is 18.5 Å². The summed E-state index contributed by atoms with van der Waals surface area (Å²) in [5, 5.41) is 0.263. The van der Waals surface area contributed by atoms with Gasteiger partial charge in [0.2, 0.25) is 0 Å². The maximum absolute atomic E-state index is 12.3. The normalized spacial score (nSPS) is 12.1. The lowest BCUT2D eigenvalue weighted by Gasteiger charge is -2.32. The van der Waals surface area contributed by atoms with Crippen molar-refractivity contribution in [1.29, 1.82) is 0 Å². The fraction of sp³-hybridized carbons (Fsp3) is 0.389. The first kappa shape index (κ1) is 19.4. The van der Waals surface area contributed by atoms with E-state index in [0.717, 1.165) is 17.8 Å². The van der Waals surface area contributed by atoms with Crippen molar-refractivity contribution in [3.8, 4) is 5.75 Å². The second-order valence-electron chi connectivity index (χ2n) is 6.71. The van der Waals surface area contributed by atoms with Gasteiger partial charge in [-0.05, 0) is 41.7 Å². The maximum Gasteiger partial charge on any atom is 0.573 e. The van der Waals surface area contributed by atoms with E-state index in [1.54, 1.807) is 18.5 Å². The van der Waals surface area contributed by atoms with Gasteiger partial charge in [0.25, 0.3) is 0 Å². The van der Waals surface area contributed by atoms with Gasteiger partial charge in [0.05, 0.1) is 11.9 Å². The summed E-state index contributed by atoms with van der Waals surface area (Å²) in [7, 11) is 1.97. The highest BCUT2D eigenvalue weighted by Crippen LogP contribution is 2.32. The van der Waals surface area contributed by atoms with Crippen molar-refractivity contribution < 1.29 is 17.9 Å². The molecule has 0 saturated carbocycles. The lowest BCUT2D eigenvalue weighted by atomic mass is 9.85. The van der Waals surface area contributed by atoms with Crippen molar-refractivity contribution in [1.82, 2.24) is 4.98 Å². The molecule has 0 spiro atoms. The predicted molar refractivity (Wildman–Crippen MR) is 93.1 cm³/mol. The zero-order valence-electron chi connectivity index (χ0n) is 14.3. The number of anilines is 1. The van der Waals surface area contributed by atoms with Gasteiger partial charge in [0.15, 0.2) is 0 Å². The average molecular weight is 373 g/mol. The van der Waals surface area contributed by atoms with Crippen LogP contribution in [-0.4, -0.2) is 24.9 Å². The molecular formula is C18H20ClF3N2O. The van der Waals surface area contributed by atoms with E-state index in [-0.39, 0.29) is 16.2 Å². The third-order valence-electron chi connectivity index (χ3n) is 3.68. The molecule has 2 rings (SSSR count). The van der Waals surface area contributed by atoms with E-state index in [0.29, 0.717) is 6.42 Å². The van der Waals surface area contributed by atoms with Gasteiger partial charge in [0, 0.05) is 24.8 Å². The number of hydrogen-bond donors (Lipinski definition) is 0. The Balaban J connectivity index is 2.07. The van der Waals surface area contributed by atoms with Gasteiger partial charge in [-0.15, -0.1) is 13.2 Å². The van der Waals surface area contributed by atoms with E-state index >= 15 is 0 Å². The number of rotatable bonds is 6. The molecule has 0 saturated heterocycles. The molecule has 0 aliphatic heterocycles. The SMILES string of the molecule is CN(CC(C)(C)Cc1ccc(OC(F)(F)F)cc1Cl)c1cccnc1. The minimum absolute atomic E-state index is 0.152. The van der Waals surface area contributed by atoms with Crippen LogP contribution in [0.25, 0.3) is 0 Å². The zero-order chi connectivity index (χ0) is 18.7. The van der Waals surface area contributed by atoms with Crippen molar-refractivity contribution >= 4 is 17.3 Å². The standard InChI is InChI=1S/C18H20ClF3N2O/c1-17(2,12-24(3)14-5-4-8-23-11-14)10-13-6-7-15(9-16(13)19)25-18(20,21)22/h4-9,11H,10,12H2,1-3H3. The van der Waals surface area contributed by atoms with E-state index in [9.17, 15) is 13.2 Å². The lowest BCUT2D eigenvalue weighted by molar-refractivity contribution is -0.274. The molecule has 1 heterocycles. The molecule has 25 heavy (non-hydrogen) atoms. The Morgan fingerprint density at radius 2 is 1.92 bits per heavy atom. The highest BCUT2D eigenvalue weighted by molar-refractivity contribution is 6.31. The highest BCUT2D eigenvalue weighted by atomic mass is 35.5. The monoisotopic (exact) mass is 372 g/mol. The smallest absolute Gasteiger partial charge is 0.406 e. The van der Waals surface area contributed by atoms with Gasteiger partial charge in [0.1, 0.15) is 5.75 Å². The summed E-state index contributed by atoms with van der Waals surface area (Å²) < 4.78 is 40.7. The Hall–Kier alpha value is -1.95. The van der Waals surface area contributed by atoms with E-state index in [1.807, 2.05) is 19.2 Å². The summed E-state index contributed by atoms with van der Waals surface area (Å²) in [6.45, 7) is 4.89. The second kappa shape index (κ2) is 7.52. The molecule has 0 aliphatic rings. The average Bonchev–Trinajstić information content (AvgIpc) is 2.49. The van der Waals surface area contributed by atoms with Gasteiger partial charge >= 0.3 is 6.36 Å². The van der Waals surface area contributed by atoms with E-state index in [1.165, 1.54) is 12.1 Å². The molecule has 0 unspecified atom stereocenters. The summed E-state index contributed by atoms with van der Waals surface area (Å²) in [5.74, 6) is -0.313. The zero-order valence-corrected chi connectivity index (χ0v) is 15.0. The van der Waals surface area contributed by atoms with Crippen LogP contribution in [0.3, 0.4) is 0 Å². The van der Waals surface area contributed by atoms with Crippen LogP contribution in [-0.2, 0) is 6.42 Å². The quantitative estimate of drug-likeness (QED) is 0.684. The number of nitrogens with zero attached hydrogens (tertiary/aromatic N) is 2. The highest BCUT2D eigenvalue weighted by Gasteiger charge is 2.31. The first-order valence-electron chi connectivity index (χ1n) is 7.71. The molecule has 0 atom stereocenters. The van der Waals surface area contributed by atoms with Crippen LogP contribution in [0, 0.1) is 5.41 Å². The van der Waals surface area contributed by atoms with Crippen LogP contribution in [0.2, 0.25) is 5.02 Å². The number of hydrogen-bond acceptors (Lipinski definition) is 3. The summed E-state index contributed by atoms with van der Waals surface area (Å²) in [6, 6.07) is 7.91. The fourth-order valence-corrected chi connectivity index (χ4v) is 2.99.